The first-order valence-corrected chi connectivity index (χ1v) is 11.4. The topological polar surface area (TPSA) is 154 Å². The molecule has 0 saturated heterocycles. The molecule has 0 unspecified atom stereocenters. The zero-order valence-corrected chi connectivity index (χ0v) is 20.1. The molecule has 10 nitrogen and oxygen atoms in total. The summed E-state index contributed by atoms with van der Waals surface area (Å²) in [6.07, 6.45) is 2.25. The number of aromatic hydroxyl groups is 1. The van der Waals surface area contributed by atoms with Crippen LogP contribution >= 0.6 is 0 Å². The molecule has 1 aromatic carbocycles. The first-order chi connectivity index (χ1) is 15.8. The molecule has 10 heteroatoms. The Morgan fingerprint density at radius 1 is 1.00 bits per heavy atom. The van der Waals surface area contributed by atoms with Gasteiger partial charge in [-0.05, 0) is 58.2 Å². The van der Waals surface area contributed by atoms with Crippen molar-refractivity contribution in [2.75, 3.05) is 0 Å². The Balaban J connectivity index is 2.10. The number of aliphatic carboxylic acids is 1. The molecular formula is C24H35N3O7. The van der Waals surface area contributed by atoms with Crippen molar-refractivity contribution in [2.45, 2.75) is 89.4 Å². The van der Waals surface area contributed by atoms with E-state index in [1.807, 2.05) is 0 Å². The Morgan fingerprint density at radius 3 is 2.12 bits per heavy atom. The van der Waals surface area contributed by atoms with E-state index in [0.29, 0.717) is 31.2 Å². The van der Waals surface area contributed by atoms with Gasteiger partial charge in [0.2, 0.25) is 11.8 Å². The van der Waals surface area contributed by atoms with Gasteiger partial charge >= 0.3 is 12.1 Å². The van der Waals surface area contributed by atoms with E-state index in [9.17, 15) is 29.4 Å². The first-order valence-electron chi connectivity index (χ1n) is 11.4. The molecular weight excluding hydrogens is 442 g/mol. The molecule has 3 amide bonds. The molecule has 5 N–H and O–H groups in total. The molecule has 0 heterocycles. The van der Waals surface area contributed by atoms with Crippen molar-refractivity contribution < 1.29 is 34.1 Å². The second-order valence-corrected chi connectivity index (χ2v) is 9.74. The highest BCUT2D eigenvalue weighted by molar-refractivity contribution is 5.93. The van der Waals surface area contributed by atoms with Gasteiger partial charge in [-0.2, -0.15) is 0 Å². The molecule has 188 valence electrons. The number of ether oxygens (including phenoxy) is 1. The van der Waals surface area contributed by atoms with Crippen LogP contribution in [0.15, 0.2) is 24.3 Å². The highest BCUT2D eigenvalue weighted by Gasteiger charge is 2.42. The van der Waals surface area contributed by atoms with Crippen LogP contribution in [-0.4, -0.2) is 57.3 Å². The monoisotopic (exact) mass is 477 g/mol. The summed E-state index contributed by atoms with van der Waals surface area (Å²) in [6.45, 7) is 6.53. The maximum absolute atomic E-state index is 13.0. The minimum atomic E-state index is -1.34. The van der Waals surface area contributed by atoms with E-state index < -0.39 is 47.1 Å². The zero-order chi connectivity index (χ0) is 25.5. The number of phenols is 1. The van der Waals surface area contributed by atoms with E-state index in [0.717, 1.165) is 6.42 Å². The van der Waals surface area contributed by atoms with Crippen molar-refractivity contribution in [2.24, 2.45) is 0 Å². The molecule has 2 atom stereocenters. The number of hydrogen-bond donors (Lipinski definition) is 5. The quantitative estimate of drug-likeness (QED) is 0.385. The molecule has 0 spiro atoms. The van der Waals surface area contributed by atoms with Gasteiger partial charge in [-0.25, -0.2) is 9.59 Å². The predicted octanol–water partition coefficient (Wildman–Crippen LogP) is 2.24. The number of carbonyl (C=O) groups excluding carboxylic acids is 3. The average Bonchev–Trinajstić information content (AvgIpc) is 2.73. The third-order valence-corrected chi connectivity index (χ3v) is 5.61. The van der Waals surface area contributed by atoms with Crippen molar-refractivity contribution in [3.8, 4) is 5.75 Å². The van der Waals surface area contributed by atoms with Crippen LogP contribution in [0.1, 0.15) is 65.4 Å². The lowest BCUT2D eigenvalue weighted by Crippen LogP contribution is -2.60. The fourth-order valence-electron chi connectivity index (χ4n) is 3.80. The zero-order valence-electron chi connectivity index (χ0n) is 20.1. The number of hydrogen-bond acceptors (Lipinski definition) is 6. The van der Waals surface area contributed by atoms with Crippen LogP contribution in [0.2, 0.25) is 0 Å². The summed E-state index contributed by atoms with van der Waals surface area (Å²) >= 11 is 0. The summed E-state index contributed by atoms with van der Waals surface area (Å²) < 4.78 is 5.25. The summed E-state index contributed by atoms with van der Waals surface area (Å²) in [4.78, 5) is 49.9. The Hall–Kier alpha value is -3.30. The molecule has 0 aromatic heterocycles. The highest BCUT2D eigenvalue weighted by Crippen LogP contribution is 2.28. The van der Waals surface area contributed by atoms with Gasteiger partial charge in [-0.3, -0.25) is 9.59 Å². The Labute approximate surface area is 199 Å². The number of benzene rings is 1. The molecule has 0 bridgehead atoms. The third kappa shape index (κ3) is 7.93. The first kappa shape index (κ1) is 26.9. The SMILES string of the molecule is C[C@@H](NC(=O)[C@H](Cc1ccc(O)cc1)NC(=O)OC(C)(C)C)C(=O)NC1(C(=O)O)CCCCC1. The Morgan fingerprint density at radius 2 is 1.59 bits per heavy atom. The van der Waals surface area contributed by atoms with Gasteiger partial charge in [0.05, 0.1) is 0 Å². The Kier molecular flexibility index (Phi) is 8.89. The molecule has 34 heavy (non-hydrogen) atoms. The Bertz CT molecular complexity index is 887. The van der Waals surface area contributed by atoms with Crippen LogP contribution in [0.25, 0.3) is 0 Å². The second-order valence-electron chi connectivity index (χ2n) is 9.74. The van der Waals surface area contributed by atoms with Crippen LogP contribution < -0.4 is 16.0 Å². The summed E-state index contributed by atoms with van der Waals surface area (Å²) in [5, 5.41) is 26.9. The molecule has 1 aromatic rings. The van der Waals surface area contributed by atoms with E-state index in [4.69, 9.17) is 4.74 Å². The number of alkyl carbamates (subject to hydrolysis) is 1. The molecule has 1 aliphatic carbocycles. The van der Waals surface area contributed by atoms with E-state index in [2.05, 4.69) is 16.0 Å². The lowest BCUT2D eigenvalue weighted by molar-refractivity contribution is -0.149. The number of carboxylic acid groups (broad SMARTS) is 1. The van der Waals surface area contributed by atoms with Crippen LogP contribution in [-0.2, 0) is 25.5 Å². The fraction of sp³-hybridized carbons (Fsp3) is 0.583. The molecule has 2 rings (SSSR count). The maximum atomic E-state index is 13.0. The minimum absolute atomic E-state index is 0.0604. The van der Waals surface area contributed by atoms with Gasteiger partial charge in [0.1, 0.15) is 29.0 Å². The molecule has 0 radical (unpaired) electrons. The van der Waals surface area contributed by atoms with Crippen LogP contribution in [0.3, 0.4) is 0 Å². The lowest BCUT2D eigenvalue weighted by atomic mass is 9.81. The number of phenolic OH excluding ortho intramolecular Hbond substituents is 1. The van der Waals surface area contributed by atoms with E-state index in [1.54, 1.807) is 32.9 Å². The highest BCUT2D eigenvalue weighted by atomic mass is 16.6. The summed E-state index contributed by atoms with van der Waals surface area (Å²) in [5.74, 6) is -2.27. The molecule has 1 aliphatic rings. The van der Waals surface area contributed by atoms with Crippen molar-refractivity contribution in [1.29, 1.82) is 0 Å². The van der Waals surface area contributed by atoms with Gasteiger partial charge in [0, 0.05) is 6.42 Å². The van der Waals surface area contributed by atoms with Crippen molar-refractivity contribution in [1.82, 2.24) is 16.0 Å². The largest absolute Gasteiger partial charge is 0.508 e. The van der Waals surface area contributed by atoms with Gasteiger partial charge in [0.15, 0.2) is 0 Å². The second kappa shape index (κ2) is 11.2. The van der Waals surface area contributed by atoms with E-state index in [-0.39, 0.29) is 12.2 Å². The van der Waals surface area contributed by atoms with Crippen molar-refractivity contribution in [3.63, 3.8) is 0 Å². The average molecular weight is 478 g/mol. The van der Waals surface area contributed by atoms with Gasteiger partial charge in [-0.1, -0.05) is 31.4 Å². The third-order valence-electron chi connectivity index (χ3n) is 5.61. The van der Waals surface area contributed by atoms with Crippen LogP contribution in [0, 0.1) is 0 Å². The van der Waals surface area contributed by atoms with Gasteiger partial charge < -0.3 is 30.9 Å². The van der Waals surface area contributed by atoms with Gasteiger partial charge in [-0.15, -0.1) is 0 Å². The summed E-state index contributed by atoms with van der Waals surface area (Å²) in [5.41, 5.74) is -1.45. The number of carbonyl (C=O) groups is 4. The normalized spacial score (nSPS) is 17.1. The minimum Gasteiger partial charge on any atom is -0.508 e. The number of rotatable bonds is 8. The number of carboxylic acids is 1. The molecule has 0 aliphatic heterocycles. The maximum Gasteiger partial charge on any atom is 0.408 e. The molecule has 1 fully saturated rings. The van der Waals surface area contributed by atoms with Gasteiger partial charge in [0.25, 0.3) is 0 Å². The lowest BCUT2D eigenvalue weighted by Gasteiger charge is -2.35. The number of amides is 3. The predicted molar refractivity (Wildman–Crippen MR) is 124 cm³/mol. The standard InChI is InChI=1S/C24H35N3O7/c1-15(19(29)27-24(21(31)32)12-6-5-7-13-24)25-20(30)18(26-22(33)34-23(2,3)4)14-16-8-10-17(28)11-9-16/h8-11,15,18,28H,5-7,12-14H2,1-4H3,(H,25,30)(H,26,33)(H,27,29)(H,31,32)/t15-,18+/m1/s1. The van der Waals surface area contributed by atoms with E-state index in [1.165, 1.54) is 19.1 Å². The fourth-order valence-corrected chi connectivity index (χ4v) is 3.80. The summed E-state index contributed by atoms with van der Waals surface area (Å²) in [6, 6.07) is 4.04. The van der Waals surface area contributed by atoms with E-state index >= 15 is 0 Å². The smallest absolute Gasteiger partial charge is 0.408 e. The van der Waals surface area contributed by atoms with Crippen molar-refractivity contribution >= 4 is 23.9 Å². The summed E-state index contributed by atoms with van der Waals surface area (Å²) in [7, 11) is 0. The van der Waals surface area contributed by atoms with Crippen molar-refractivity contribution in [3.05, 3.63) is 29.8 Å². The van der Waals surface area contributed by atoms with Crippen LogP contribution in [0.5, 0.6) is 5.75 Å². The number of nitrogens with one attached hydrogen (secondary N) is 3. The van der Waals surface area contributed by atoms with Crippen LogP contribution in [0.4, 0.5) is 4.79 Å². The molecule has 1 saturated carbocycles.